The highest BCUT2D eigenvalue weighted by Gasteiger charge is 2.35. The average molecular weight is 554 g/mol. The molecular weight excluding hydrogens is 525 g/mol. The lowest BCUT2D eigenvalue weighted by Gasteiger charge is -2.32. The monoisotopic (exact) mass is 553 g/mol. The third kappa shape index (κ3) is 6.49. The molecule has 0 aliphatic carbocycles. The zero-order chi connectivity index (χ0) is 28.3. The van der Waals surface area contributed by atoms with E-state index in [-0.39, 0.29) is 61.1 Å². The van der Waals surface area contributed by atoms with Gasteiger partial charge >= 0.3 is 6.36 Å². The molecule has 0 unspecified atom stereocenters. The van der Waals surface area contributed by atoms with Gasteiger partial charge in [-0.05, 0) is 48.1 Å². The lowest BCUT2D eigenvalue weighted by Crippen LogP contribution is -2.38. The SMILES string of the molecule is COCCn1cc(C(=O)N2CCC(c3cc(CNC(C)=O)ccc3F)CC2)c2c(OC(F)(F)F)ccc(F)c21. The largest absolute Gasteiger partial charge is 0.573 e. The van der Waals surface area contributed by atoms with Gasteiger partial charge in [-0.2, -0.15) is 0 Å². The number of ether oxygens (including phenoxy) is 2. The van der Waals surface area contributed by atoms with Crippen LogP contribution in [0.1, 0.15) is 47.2 Å². The van der Waals surface area contributed by atoms with Crippen molar-refractivity contribution in [3.63, 3.8) is 0 Å². The number of nitrogens with zero attached hydrogens (tertiary/aromatic N) is 2. The van der Waals surface area contributed by atoms with Gasteiger partial charge in [0.05, 0.1) is 23.1 Å². The molecule has 1 fully saturated rings. The Bertz CT molecular complexity index is 1360. The Morgan fingerprint density at radius 2 is 1.77 bits per heavy atom. The van der Waals surface area contributed by atoms with Gasteiger partial charge in [0.25, 0.3) is 5.91 Å². The van der Waals surface area contributed by atoms with Crippen molar-refractivity contribution in [2.45, 2.75) is 45.1 Å². The lowest BCUT2D eigenvalue weighted by molar-refractivity contribution is -0.274. The molecule has 4 rings (SSSR count). The van der Waals surface area contributed by atoms with Gasteiger partial charge in [-0.1, -0.05) is 12.1 Å². The Balaban J connectivity index is 1.60. The fourth-order valence-corrected chi connectivity index (χ4v) is 4.92. The average Bonchev–Trinajstić information content (AvgIpc) is 3.28. The minimum atomic E-state index is -5.05. The zero-order valence-electron chi connectivity index (χ0n) is 21.4. The Morgan fingerprint density at radius 1 is 1.08 bits per heavy atom. The van der Waals surface area contributed by atoms with Crippen molar-refractivity contribution in [1.82, 2.24) is 14.8 Å². The molecule has 0 saturated carbocycles. The first-order chi connectivity index (χ1) is 18.5. The van der Waals surface area contributed by atoms with E-state index in [1.54, 1.807) is 12.1 Å². The fourth-order valence-electron chi connectivity index (χ4n) is 4.92. The van der Waals surface area contributed by atoms with E-state index in [1.165, 1.54) is 35.8 Å². The summed E-state index contributed by atoms with van der Waals surface area (Å²) in [5, 5.41) is 2.40. The van der Waals surface area contributed by atoms with Crippen molar-refractivity contribution in [3.8, 4) is 5.75 Å². The number of benzene rings is 2. The van der Waals surface area contributed by atoms with Crippen LogP contribution in [-0.4, -0.2) is 54.4 Å². The van der Waals surface area contributed by atoms with Crippen molar-refractivity contribution < 1.29 is 41.0 Å². The summed E-state index contributed by atoms with van der Waals surface area (Å²) in [4.78, 5) is 26.2. The second-order valence-corrected chi connectivity index (χ2v) is 9.38. The highest BCUT2D eigenvalue weighted by molar-refractivity contribution is 6.09. The number of carbonyl (C=O) groups excluding carboxylic acids is 2. The van der Waals surface area contributed by atoms with E-state index in [9.17, 15) is 31.5 Å². The number of aromatic nitrogens is 1. The maximum atomic E-state index is 14.8. The molecule has 12 heteroatoms. The van der Waals surface area contributed by atoms with E-state index in [0.717, 1.165) is 17.7 Å². The zero-order valence-corrected chi connectivity index (χ0v) is 21.4. The van der Waals surface area contributed by atoms with Crippen molar-refractivity contribution in [1.29, 1.82) is 0 Å². The van der Waals surface area contributed by atoms with Crippen molar-refractivity contribution in [2.75, 3.05) is 26.8 Å². The molecule has 2 aromatic carbocycles. The highest BCUT2D eigenvalue weighted by Crippen LogP contribution is 2.38. The minimum Gasteiger partial charge on any atom is -0.405 e. The van der Waals surface area contributed by atoms with Crippen LogP contribution in [-0.2, 0) is 22.6 Å². The van der Waals surface area contributed by atoms with Crippen LogP contribution in [0, 0.1) is 11.6 Å². The molecule has 1 aliphatic heterocycles. The summed E-state index contributed by atoms with van der Waals surface area (Å²) in [7, 11) is 1.43. The van der Waals surface area contributed by atoms with Crippen LogP contribution in [0.3, 0.4) is 0 Å². The normalized spacial score (nSPS) is 14.6. The molecule has 1 aliphatic rings. The van der Waals surface area contributed by atoms with Crippen molar-refractivity contribution >= 4 is 22.7 Å². The van der Waals surface area contributed by atoms with Gasteiger partial charge in [0.15, 0.2) is 0 Å². The summed E-state index contributed by atoms with van der Waals surface area (Å²) < 4.78 is 79.4. The van der Waals surface area contributed by atoms with Crippen LogP contribution in [0.2, 0.25) is 0 Å². The number of methoxy groups -OCH3 is 1. The van der Waals surface area contributed by atoms with E-state index >= 15 is 0 Å². The van der Waals surface area contributed by atoms with Gasteiger partial charge in [0.2, 0.25) is 5.91 Å². The van der Waals surface area contributed by atoms with Crippen LogP contribution in [0.15, 0.2) is 36.5 Å². The molecule has 0 spiro atoms. The standard InChI is InChI=1S/C27H28F5N3O4/c1-16(36)33-14-17-3-4-21(28)19(13-17)18-7-9-34(10-8-18)26(37)20-15-35(11-12-38-2)25-22(29)5-6-23(24(20)25)39-27(30,31)32/h3-6,13,15,18H,7-12,14H2,1-2H3,(H,33,36). The van der Waals surface area contributed by atoms with Crippen molar-refractivity contribution in [3.05, 3.63) is 64.9 Å². The Labute approximate surface area is 221 Å². The number of likely N-dealkylation sites (tertiary alicyclic amines) is 1. The van der Waals surface area contributed by atoms with Crippen LogP contribution in [0.25, 0.3) is 10.9 Å². The number of halogens is 5. The van der Waals surface area contributed by atoms with Gasteiger partial charge in [-0.3, -0.25) is 9.59 Å². The number of rotatable bonds is 8. The molecule has 2 heterocycles. The second kappa shape index (κ2) is 11.6. The number of alkyl halides is 3. The first-order valence-corrected chi connectivity index (χ1v) is 12.4. The summed E-state index contributed by atoms with van der Waals surface area (Å²) in [6.07, 6.45) is -2.91. The van der Waals surface area contributed by atoms with Crippen LogP contribution >= 0.6 is 0 Å². The van der Waals surface area contributed by atoms with E-state index in [0.29, 0.717) is 18.4 Å². The predicted octanol–water partition coefficient (Wildman–Crippen LogP) is 5.12. The number of hydrogen-bond acceptors (Lipinski definition) is 4. The second-order valence-electron chi connectivity index (χ2n) is 9.38. The first kappa shape index (κ1) is 28.3. The predicted molar refractivity (Wildman–Crippen MR) is 132 cm³/mol. The van der Waals surface area contributed by atoms with Gasteiger partial charge < -0.3 is 24.3 Å². The smallest absolute Gasteiger partial charge is 0.405 e. The van der Waals surface area contributed by atoms with Crippen LogP contribution < -0.4 is 10.1 Å². The molecule has 7 nitrogen and oxygen atoms in total. The molecule has 1 aromatic heterocycles. The highest BCUT2D eigenvalue weighted by atomic mass is 19.4. The fraction of sp³-hybridized carbons (Fsp3) is 0.407. The molecule has 1 saturated heterocycles. The van der Waals surface area contributed by atoms with E-state index in [1.807, 2.05) is 0 Å². The third-order valence-corrected chi connectivity index (χ3v) is 6.75. The quantitative estimate of drug-likeness (QED) is 0.393. The lowest BCUT2D eigenvalue weighted by atomic mass is 9.88. The Hall–Kier alpha value is -3.67. The number of piperidine rings is 1. The molecule has 39 heavy (non-hydrogen) atoms. The number of fused-ring (bicyclic) bond motifs is 1. The summed E-state index contributed by atoms with van der Waals surface area (Å²) in [6.45, 7) is 2.31. The summed E-state index contributed by atoms with van der Waals surface area (Å²) in [5.74, 6) is -2.85. The Morgan fingerprint density at radius 3 is 2.41 bits per heavy atom. The van der Waals surface area contributed by atoms with Gasteiger partial charge in [0, 0.05) is 46.4 Å². The number of carbonyl (C=O) groups is 2. The van der Waals surface area contributed by atoms with Crippen LogP contribution in [0.5, 0.6) is 5.75 Å². The maximum Gasteiger partial charge on any atom is 0.573 e. The number of hydrogen-bond donors (Lipinski definition) is 1. The molecular formula is C27H28F5N3O4. The van der Waals surface area contributed by atoms with Crippen molar-refractivity contribution in [2.24, 2.45) is 0 Å². The molecule has 210 valence electrons. The number of amides is 2. The van der Waals surface area contributed by atoms with E-state index < -0.39 is 29.7 Å². The van der Waals surface area contributed by atoms with Gasteiger partial charge in [-0.25, -0.2) is 8.78 Å². The van der Waals surface area contributed by atoms with E-state index in [2.05, 4.69) is 10.1 Å². The molecule has 1 N–H and O–H groups in total. The topological polar surface area (TPSA) is 72.8 Å². The first-order valence-electron chi connectivity index (χ1n) is 12.4. The summed E-state index contributed by atoms with van der Waals surface area (Å²) >= 11 is 0. The molecule has 0 atom stereocenters. The Kier molecular flexibility index (Phi) is 8.43. The molecule has 2 amide bonds. The van der Waals surface area contributed by atoms with E-state index in [4.69, 9.17) is 4.74 Å². The van der Waals surface area contributed by atoms with Gasteiger partial charge in [0.1, 0.15) is 17.4 Å². The molecule has 0 radical (unpaired) electrons. The maximum absolute atomic E-state index is 14.8. The molecule has 0 bridgehead atoms. The summed E-state index contributed by atoms with van der Waals surface area (Å²) in [6, 6.07) is 6.34. The third-order valence-electron chi connectivity index (χ3n) is 6.75. The summed E-state index contributed by atoms with van der Waals surface area (Å²) in [5.41, 5.74) is 0.902. The van der Waals surface area contributed by atoms with Crippen LogP contribution in [0.4, 0.5) is 22.0 Å². The number of nitrogens with one attached hydrogen (secondary N) is 1. The minimum absolute atomic E-state index is 0.100. The molecule has 3 aromatic rings. The van der Waals surface area contributed by atoms with Gasteiger partial charge in [-0.15, -0.1) is 13.2 Å².